The van der Waals surface area contributed by atoms with E-state index in [9.17, 15) is 13.2 Å². The van der Waals surface area contributed by atoms with E-state index < -0.39 is 10.0 Å². The number of rotatable bonds is 8. The molecule has 1 amide bonds. The molecule has 0 radical (unpaired) electrons. The Balaban J connectivity index is 1.55. The largest absolute Gasteiger partial charge is 0.380 e. The number of carbonyl (C=O) groups is 1. The van der Waals surface area contributed by atoms with Gasteiger partial charge in [0, 0.05) is 44.5 Å². The minimum Gasteiger partial charge on any atom is -0.380 e. The first-order valence-electron chi connectivity index (χ1n) is 11.4. The van der Waals surface area contributed by atoms with Gasteiger partial charge in [-0.2, -0.15) is 0 Å². The molecule has 1 atom stereocenters. The van der Waals surface area contributed by atoms with E-state index in [1.165, 1.54) is 0 Å². The Labute approximate surface area is 197 Å². The van der Waals surface area contributed by atoms with E-state index >= 15 is 0 Å². The number of carbonyl (C=O) groups excluding carboxylic acids is 1. The average Bonchev–Trinajstić information content (AvgIpc) is 2.78. The van der Waals surface area contributed by atoms with Gasteiger partial charge in [-0.25, -0.2) is 13.1 Å². The number of hydrogen-bond acceptors (Lipinski definition) is 5. The lowest BCUT2D eigenvalue weighted by molar-refractivity contribution is -0.116. The van der Waals surface area contributed by atoms with Gasteiger partial charge in [0.1, 0.15) is 0 Å². The summed E-state index contributed by atoms with van der Waals surface area (Å²) in [5.41, 5.74) is 5.12. The fourth-order valence-corrected chi connectivity index (χ4v) is 5.94. The number of aryl methyl sites for hydroxylation is 2. The minimum atomic E-state index is -3.71. The molecule has 0 aliphatic carbocycles. The highest BCUT2D eigenvalue weighted by Crippen LogP contribution is 2.26. The van der Waals surface area contributed by atoms with Crippen LogP contribution in [0.5, 0.6) is 0 Å². The molecule has 0 spiro atoms. The summed E-state index contributed by atoms with van der Waals surface area (Å²) in [5, 5.41) is 2.84. The maximum Gasteiger partial charge on any atom is 0.241 e. The van der Waals surface area contributed by atoms with Crippen LogP contribution in [0.4, 0.5) is 11.4 Å². The number of sulfonamides is 1. The predicted molar refractivity (Wildman–Crippen MR) is 133 cm³/mol. The van der Waals surface area contributed by atoms with Crippen LogP contribution in [0.3, 0.4) is 0 Å². The summed E-state index contributed by atoms with van der Waals surface area (Å²) in [7, 11) is -1.96. The molecule has 2 aromatic rings. The third kappa shape index (κ3) is 6.13. The van der Waals surface area contributed by atoms with Gasteiger partial charge in [0.25, 0.3) is 0 Å². The van der Waals surface area contributed by atoms with E-state index in [0.29, 0.717) is 10.6 Å². The highest BCUT2D eigenvalue weighted by atomic mass is 32.2. The molecular weight excluding hydrogens is 438 g/mol. The van der Waals surface area contributed by atoms with Crippen molar-refractivity contribution in [3.8, 4) is 0 Å². The molecule has 33 heavy (non-hydrogen) atoms. The maximum atomic E-state index is 12.9. The van der Waals surface area contributed by atoms with Crippen LogP contribution < -0.4 is 14.9 Å². The van der Waals surface area contributed by atoms with Crippen molar-refractivity contribution in [2.75, 3.05) is 37.0 Å². The third-order valence-electron chi connectivity index (χ3n) is 6.44. The average molecular weight is 474 g/mol. The molecule has 1 heterocycles. The molecule has 2 aromatic carbocycles. The molecular formula is C25H35N3O4S. The van der Waals surface area contributed by atoms with E-state index in [0.717, 1.165) is 53.9 Å². The first-order valence-corrected chi connectivity index (χ1v) is 12.9. The molecule has 7 nitrogen and oxygen atoms in total. The Bertz CT molecular complexity index is 1070. The number of methoxy groups -OCH3 is 1. The van der Waals surface area contributed by atoms with Gasteiger partial charge in [-0.05, 0) is 87.1 Å². The first-order chi connectivity index (χ1) is 15.6. The Morgan fingerprint density at radius 1 is 1.09 bits per heavy atom. The van der Waals surface area contributed by atoms with Gasteiger partial charge in [-0.15, -0.1) is 0 Å². The van der Waals surface area contributed by atoms with Crippen LogP contribution in [0.1, 0.15) is 41.5 Å². The molecule has 180 valence electrons. The molecule has 0 bridgehead atoms. The van der Waals surface area contributed by atoms with Gasteiger partial charge in [-0.1, -0.05) is 6.07 Å². The van der Waals surface area contributed by atoms with E-state index in [-0.39, 0.29) is 25.0 Å². The summed E-state index contributed by atoms with van der Waals surface area (Å²) in [4.78, 5) is 15.0. The van der Waals surface area contributed by atoms with Crippen LogP contribution in [0.15, 0.2) is 35.2 Å². The predicted octanol–water partition coefficient (Wildman–Crippen LogP) is 3.84. The van der Waals surface area contributed by atoms with Crippen LogP contribution >= 0.6 is 0 Å². The second-order valence-corrected chi connectivity index (χ2v) is 10.5. The molecule has 0 aromatic heterocycles. The number of benzene rings is 2. The van der Waals surface area contributed by atoms with Gasteiger partial charge in [0.15, 0.2) is 0 Å². The molecule has 2 N–H and O–H groups in total. The number of nitrogens with zero attached hydrogens (tertiary/aromatic N) is 1. The van der Waals surface area contributed by atoms with Crippen molar-refractivity contribution in [1.82, 2.24) is 4.72 Å². The lowest BCUT2D eigenvalue weighted by atomic mass is 10.0. The first kappa shape index (κ1) is 25.2. The smallest absolute Gasteiger partial charge is 0.241 e. The van der Waals surface area contributed by atoms with Crippen LogP contribution in [-0.4, -0.2) is 47.2 Å². The van der Waals surface area contributed by atoms with Crippen molar-refractivity contribution in [3.05, 3.63) is 52.6 Å². The van der Waals surface area contributed by atoms with Crippen molar-refractivity contribution in [2.45, 2.75) is 58.0 Å². The number of anilines is 2. The summed E-state index contributed by atoms with van der Waals surface area (Å²) < 4.78 is 33.9. The standard InChI is InChI=1S/C25H35N3O4S/c1-17-15-18(2)20(4)25(19(17)3)33(30,31)26-13-12-24(29)27-21-8-10-22(11-9-21)28-14-6-7-23(16-28)32-5/h8-11,15,23,26H,6-7,12-14,16H2,1-5H3,(H,27,29). The van der Waals surface area contributed by atoms with Gasteiger partial charge in [0.2, 0.25) is 15.9 Å². The minimum absolute atomic E-state index is 0.0320. The molecule has 1 unspecified atom stereocenters. The number of ether oxygens (including phenoxy) is 1. The zero-order valence-corrected chi connectivity index (χ0v) is 21.0. The summed E-state index contributed by atoms with van der Waals surface area (Å²) in [6.07, 6.45) is 2.46. The highest BCUT2D eigenvalue weighted by molar-refractivity contribution is 7.89. The van der Waals surface area contributed by atoms with Crippen molar-refractivity contribution in [3.63, 3.8) is 0 Å². The highest BCUT2D eigenvalue weighted by Gasteiger charge is 2.22. The molecule has 8 heteroatoms. The normalized spacial score (nSPS) is 16.6. The Morgan fingerprint density at radius 2 is 1.73 bits per heavy atom. The molecule has 1 aliphatic heterocycles. The third-order valence-corrected chi connectivity index (χ3v) is 8.17. The summed E-state index contributed by atoms with van der Waals surface area (Å²) in [6, 6.07) is 9.71. The Kier molecular flexibility index (Phi) is 8.15. The van der Waals surface area contributed by atoms with E-state index in [1.807, 2.05) is 58.0 Å². The van der Waals surface area contributed by atoms with E-state index in [1.54, 1.807) is 7.11 Å². The number of hydrogen-bond donors (Lipinski definition) is 2. The van der Waals surface area contributed by atoms with Crippen LogP contribution in [-0.2, 0) is 19.6 Å². The van der Waals surface area contributed by atoms with E-state index in [4.69, 9.17) is 4.74 Å². The Morgan fingerprint density at radius 3 is 2.33 bits per heavy atom. The monoisotopic (exact) mass is 473 g/mol. The quantitative estimate of drug-likeness (QED) is 0.608. The van der Waals surface area contributed by atoms with Gasteiger partial charge < -0.3 is 15.0 Å². The number of amides is 1. The molecule has 0 saturated carbocycles. The second-order valence-electron chi connectivity index (χ2n) is 8.78. The van der Waals surface area contributed by atoms with Crippen molar-refractivity contribution in [2.24, 2.45) is 0 Å². The van der Waals surface area contributed by atoms with Gasteiger partial charge >= 0.3 is 0 Å². The topological polar surface area (TPSA) is 87.7 Å². The van der Waals surface area contributed by atoms with Crippen LogP contribution in [0.25, 0.3) is 0 Å². The van der Waals surface area contributed by atoms with E-state index in [2.05, 4.69) is 14.9 Å². The fourth-order valence-electron chi connectivity index (χ4n) is 4.30. The van der Waals surface area contributed by atoms with Crippen LogP contribution in [0.2, 0.25) is 0 Å². The molecule has 1 fully saturated rings. The Hall–Kier alpha value is -2.42. The lowest BCUT2D eigenvalue weighted by Gasteiger charge is -2.33. The molecule has 1 aliphatic rings. The van der Waals surface area contributed by atoms with Gasteiger partial charge in [0.05, 0.1) is 11.0 Å². The van der Waals surface area contributed by atoms with Crippen LogP contribution in [0, 0.1) is 27.7 Å². The fraction of sp³-hybridized carbons (Fsp3) is 0.480. The number of piperidine rings is 1. The number of nitrogens with one attached hydrogen (secondary N) is 2. The molecule has 3 rings (SSSR count). The summed E-state index contributed by atoms with van der Waals surface area (Å²) in [6.45, 7) is 9.32. The summed E-state index contributed by atoms with van der Waals surface area (Å²) >= 11 is 0. The zero-order valence-electron chi connectivity index (χ0n) is 20.2. The van der Waals surface area contributed by atoms with Crippen molar-refractivity contribution >= 4 is 27.3 Å². The van der Waals surface area contributed by atoms with Crippen molar-refractivity contribution < 1.29 is 17.9 Å². The molecule has 1 saturated heterocycles. The van der Waals surface area contributed by atoms with Crippen molar-refractivity contribution in [1.29, 1.82) is 0 Å². The van der Waals surface area contributed by atoms with Gasteiger partial charge in [-0.3, -0.25) is 4.79 Å². The summed E-state index contributed by atoms with van der Waals surface area (Å²) in [5.74, 6) is -0.239. The SMILES string of the molecule is COC1CCCN(c2ccc(NC(=O)CCNS(=O)(=O)c3c(C)c(C)cc(C)c3C)cc2)C1. The second kappa shape index (κ2) is 10.7. The zero-order chi connectivity index (χ0) is 24.2. The lowest BCUT2D eigenvalue weighted by Crippen LogP contribution is -2.39. The maximum absolute atomic E-state index is 12.9.